The molecular weight excluding hydrogens is 354 g/mol. The molecule has 0 aliphatic heterocycles. The van der Waals surface area contributed by atoms with Crippen LogP contribution in [0, 0.1) is 5.92 Å². The normalized spacial score (nSPS) is 11.0. The lowest BCUT2D eigenvalue weighted by atomic mass is 10.1. The zero-order chi connectivity index (χ0) is 18.1. The van der Waals surface area contributed by atoms with Crippen molar-refractivity contribution in [1.29, 1.82) is 0 Å². The number of carbonyl (C=O) groups excluding carboxylic acids is 2. The first-order chi connectivity index (χ1) is 12.1. The minimum absolute atomic E-state index is 0. The van der Waals surface area contributed by atoms with E-state index in [2.05, 4.69) is 16.0 Å². The first-order valence-corrected chi connectivity index (χ1v) is 8.11. The van der Waals surface area contributed by atoms with E-state index in [1.165, 1.54) is 0 Å². The summed E-state index contributed by atoms with van der Waals surface area (Å²) in [4.78, 5) is 23.9. The van der Waals surface area contributed by atoms with Gasteiger partial charge in [0, 0.05) is 29.9 Å². The third-order valence-electron chi connectivity index (χ3n) is 3.49. The highest BCUT2D eigenvalue weighted by molar-refractivity contribution is 5.93. The molecule has 3 N–H and O–H groups in total. The maximum absolute atomic E-state index is 12.0. The van der Waals surface area contributed by atoms with Crippen LogP contribution in [-0.2, 0) is 9.59 Å². The standard InChI is InChI=1S/C19H23N3O3.ClH/c1-14(12-20-2)19(24)22-16-9-6-10-17(11-16)25-13-18(23)21-15-7-4-3-5-8-15;/h3-11,14,20H,12-13H2,1-2H3,(H,21,23)(H,22,24);1H. The predicted octanol–water partition coefficient (Wildman–Crippen LogP) is 2.92. The monoisotopic (exact) mass is 377 g/mol. The second kappa shape index (κ2) is 11.1. The van der Waals surface area contributed by atoms with Gasteiger partial charge in [0.05, 0.1) is 0 Å². The number of halogens is 1. The fourth-order valence-corrected chi connectivity index (χ4v) is 2.20. The number of hydrogen-bond donors (Lipinski definition) is 3. The minimum atomic E-state index is -0.247. The van der Waals surface area contributed by atoms with Crippen LogP contribution in [-0.4, -0.2) is 32.0 Å². The zero-order valence-corrected chi connectivity index (χ0v) is 15.6. The summed E-state index contributed by atoms with van der Waals surface area (Å²) >= 11 is 0. The molecule has 2 aromatic rings. The molecule has 0 radical (unpaired) electrons. The Balaban J connectivity index is 0.00000338. The van der Waals surface area contributed by atoms with E-state index in [-0.39, 0.29) is 36.7 Å². The van der Waals surface area contributed by atoms with Gasteiger partial charge in [0.15, 0.2) is 6.61 Å². The van der Waals surface area contributed by atoms with E-state index < -0.39 is 0 Å². The van der Waals surface area contributed by atoms with E-state index in [0.29, 0.717) is 18.0 Å². The van der Waals surface area contributed by atoms with Crippen LogP contribution < -0.4 is 20.7 Å². The number of carbonyl (C=O) groups is 2. The molecule has 0 aliphatic rings. The molecule has 26 heavy (non-hydrogen) atoms. The first kappa shape index (κ1) is 21.5. The molecule has 0 heterocycles. The number of nitrogens with one attached hydrogen (secondary N) is 3. The summed E-state index contributed by atoms with van der Waals surface area (Å²) in [5.41, 5.74) is 1.35. The number of para-hydroxylation sites is 1. The zero-order valence-electron chi connectivity index (χ0n) is 14.8. The van der Waals surface area contributed by atoms with Crippen molar-refractivity contribution in [3.63, 3.8) is 0 Å². The Hall–Kier alpha value is -2.57. The Morgan fingerprint density at radius 2 is 1.69 bits per heavy atom. The third kappa shape index (κ3) is 7.13. The number of hydrogen-bond acceptors (Lipinski definition) is 4. The van der Waals surface area contributed by atoms with Crippen molar-refractivity contribution in [2.24, 2.45) is 5.92 Å². The molecule has 7 heteroatoms. The molecule has 0 aromatic heterocycles. The summed E-state index contributed by atoms with van der Waals surface area (Å²) in [7, 11) is 1.80. The Morgan fingerprint density at radius 3 is 2.38 bits per heavy atom. The lowest BCUT2D eigenvalue weighted by Crippen LogP contribution is -2.28. The molecule has 140 valence electrons. The van der Waals surface area contributed by atoms with E-state index in [1.807, 2.05) is 25.1 Å². The van der Waals surface area contributed by atoms with Crippen LogP contribution in [0.15, 0.2) is 54.6 Å². The van der Waals surface area contributed by atoms with Gasteiger partial charge in [0.1, 0.15) is 5.75 Å². The van der Waals surface area contributed by atoms with Gasteiger partial charge in [-0.2, -0.15) is 0 Å². The molecule has 0 saturated carbocycles. The van der Waals surface area contributed by atoms with Crippen LogP contribution in [0.5, 0.6) is 5.75 Å². The molecule has 2 rings (SSSR count). The van der Waals surface area contributed by atoms with Crippen molar-refractivity contribution in [2.45, 2.75) is 6.92 Å². The number of amides is 2. The number of anilines is 2. The van der Waals surface area contributed by atoms with E-state index in [1.54, 1.807) is 43.4 Å². The van der Waals surface area contributed by atoms with Crippen molar-refractivity contribution in [3.8, 4) is 5.75 Å². The van der Waals surface area contributed by atoms with Gasteiger partial charge in [-0.15, -0.1) is 12.4 Å². The minimum Gasteiger partial charge on any atom is -0.484 e. The van der Waals surface area contributed by atoms with Crippen LogP contribution in [0.4, 0.5) is 11.4 Å². The van der Waals surface area contributed by atoms with Gasteiger partial charge in [0.25, 0.3) is 5.91 Å². The van der Waals surface area contributed by atoms with Crippen LogP contribution in [0.2, 0.25) is 0 Å². The Labute approximate surface area is 159 Å². The van der Waals surface area contributed by atoms with Gasteiger partial charge in [-0.25, -0.2) is 0 Å². The first-order valence-electron chi connectivity index (χ1n) is 8.11. The van der Waals surface area contributed by atoms with Crippen LogP contribution in [0.3, 0.4) is 0 Å². The smallest absolute Gasteiger partial charge is 0.262 e. The molecule has 2 aromatic carbocycles. The number of benzene rings is 2. The lowest BCUT2D eigenvalue weighted by Gasteiger charge is -2.13. The summed E-state index contributed by atoms with van der Waals surface area (Å²) in [6, 6.07) is 16.2. The lowest BCUT2D eigenvalue weighted by molar-refractivity contribution is -0.119. The second-order valence-electron chi connectivity index (χ2n) is 5.68. The number of ether oxygens (including phenoxy) is 1. The van der Waals surface area contributed by atoms with Crippen molar-refractivity contribution < 1.29 is 14.3 Å². The molecule has 0 spiro atoms. The van der Waals surface area contributed by atoms with Gasteiger partial charge in [-0.3, -0.25) is 9.59 Å². The van der Waals surface area contributed by atoms with Crippen LogP contribution >= 0.6 is 12.4 Å². The van der Waals surface area contributed by atoms with Crippen LogP contribution in [0.25, 0.3) is 0 Å². The van der Waals surface area contributed by atoms with Crippen molar-refractivity contribution in [2.75, 3.05) is 30.8 Å². The van der Waals surface area contributed by atoms with Gasteiger partial charge >= 0.3 is 0 Å². The average Bonchev–Trinajstić information content (AvgIpc) is 2.61. The van der Waals surface area contributed by atoms with Crippen molar-refractivity contribution >= 4 is 35.6 Å². The van der Waals surface area contributed by atoms with Gasteiger partial charge in [-0.1, -0.05) is 31.2 Å². The Morgan fingerprint density at radius 1 is 1.00 bits per heavy atom. The number of rotatable bonds is 8. The summed E-state index contributed by atoms with van der Waals surface area (Å²) in [6.07, 6.45) is 0. The highest BCUT2D eigenvalue weighted by Crippen LogP contribution is 2.18. The average molecular weight is 378 g/mol. The van der Waals surface area contributed by atoms with E-state index in [0.717, 1.165) is 5.69 Å². The third-order valence-corrected chi connectivity index (χ3v) is 3.49. The molecule has 2 amide bonds. The van der Waals surface area contributed by atoms with Gasteiger partial charge in [0.2, 0.25) is 5.91 Å². The largest absolute Gasteiger partial charge is 0.484 e. The van der Waals surface area contributed by atoms with Gasteiger partial charge in [-0.05, 0) is 31.3 Å². The highest BCUT2D eigenvalue weighted by Gasteiger charge is 2.12. The summed E-state index contributed by atoms with van der Waals surface area (Å²) in [5, 5.41) is 8.55. The molecule has 6 nitrogen and oxygen atoms in total. The molecule has 0 saturated heterocycles. The molecular formula is C19H24ClN3O3. The SMILES string of the molecule is CNCC(C)C(=O)Nc1cccc(OCC(=O)Nc2ccccc2)c1.Cl. The Kier molecular flexibility index (Phi) is 9.19. The summed E-state index contributed by atoms with van der Waals surface area (Å²) in [5.74, 6) is 0.0464. The maximum Gasteiger partial charge on any atom is 0.262 e. The predicted molar refractivity (Wildman–Crippen MR) is 106 cm³/mol. The molecule has 1 atom stereocenters. The van der Waals surface area contributed by atoms with E-state index in [9.17, 15) is 9.59 Å². The summed E-state index contributed by atoms with van der Waals surface area (Å²) < 4.78 is 5.49. The molecule has 0 fully saturated rings. The van der Waals surface area contributed by atoms with Gasteiger partial charge < -0.3 is 20.7 Å². The van der Waals surface area contributed by atoms with Crippen LogP contribution in [0.1, 0.15) is 6.92 Å². The fraction of sp³-hybridized carbons (Fsp3) is 0.263. The Bertz CT molecular complexity index is 710. The highest BCUT2D eigenvalue weighted by atomic mass is 35.5. The molecule has 1 unspecified atom stereocenters. The quantitative estimate of drug-likeness (QED) is 0.660. The fourth-order valence-electron chi connectivity index (χ4n) is 2.20. The van der Waals surface area contributed by atoms with E-state index >= 15 is 0 Å². The molecule has 0 aliphatic carbocycles. The van der Waals surface area contributed by atoms with Crippen molar-refractivity contribution in [1.82, 2.24) is 5.32 Å². The second-order valence-corrected chi connectivity index (χ2v) is 5.68. The van der Waals surface area contributed by atoms with E-state index in [4.69, 9.17) is 4.74 Å². The topological polar surface area (TPSA) is 79.5 Å². The maximum atomic E-state index is 12.0. The summed E-state index contributed by atoms with van der Waals surface area (Å²) in [6.45, 7) is 2.34. The van der Waals surface area contributed by atoms with Crippen molar-refractivity contribution in [3.05, 3.63) is 54.6 Å². The molecule has 0 bridgehead atoms.